The molecule has 0 saturated carbocycles. The first kappa shape index (κ1) is 19.2. The second-order valence-electron chi connectivity index (χ2n) is 6.73. The number of carbonyl (C=O) groups excluding carboxylic acids is 1. The fourth-order valence-electron chi connectivity index (χ4n) is 3.12. The van der Waals surface area contributed by atoms with Gasteiger partial charge in [-0.2, -0.15) is 0 Å². The Hall–Kier alpha value is -2.15. The molecule has 0 bridgehead atoms. The van der Waals surface area contributed by atoms with E-state index in [9.17, 15) is 9.59 Å². The van der Waals surface area contributed by atoms with Crippen molar-refractivity contribution in [3.05, 3.63) is 23.9 Å². The average Bonchev–Trinajstić information content (AvgIpc) is 2.99. The van der Waals surface area contributed by atoms with Crippen LogP contribution in [0.15, 0.2) is 18.2 Å². The Morgan fingerprint density at radius 2 is 2.16 bits per heavy atom. The van der Waals surface area contributed by atoms with E-state index in [0.717, 1.165) is 13.0 Å². The number of hydrogen-bond donors (Lipinski definition) is 2. The molecular weight excluding hydrogens is 322 g/mol. The minimum atomic E-state index is -1.04. The van der Waals surface area contributed by atoms with Gasteiger partial charge in [-0.05, 0) is 24.5 Å². The highest BCUT2D eigenvalue weighted by Gasteiger charge is 2.36. The van der Waals surface area contributed by atoms with Gasteiger partial charge in [0.1, 0.15) is 12.4 Å². The van der Waals surface area contributed by atoms with Crippen molar-refractivity contribution < 1.29 is 19.4 Å². The average molecular weight is 349 g/mol. The fourth-order valence-corrected chi connectivity index (χ4v) is 3.12. The number of nitrogens with one attached hydrogen (secondary N) is 1. The Morgan fingerprint density at radius 3 is 2.80 bits per heavy atom. The predicted molar refractivity (Wildman–Crippen MR) is 94.8 cm³/mol. The van der Waals surface area contributed by atoms with Gasteiger partial charge in [-0.25, -0.2) is 9.78 Å². The molecular formula is C18H27N3O4. The highest BCUT2D eigenvalue weighted by molar-refractivity contribution is 5.85. The van der Waals surface area contributed by atoms with Crippen LogP contribution in [0.25, 0.3) is 0 Å². The van der Waals surface area contributed by atoms with Gasteiger partial charge in [0, 0.05) is 25.6 Å². The van der Waals surface area contributed by atoms with Crippen LogP contribution in [0, 0.1) is 11.8 Å². The molecule has 1 aliphatic heterocycles. The van der Waals surface area contributed by atoms with Crippen molar-refractivity contribution in [3.63, 3.8) is 0 Å². The van der Waals surface area contributed by atoms with Crippen molar-refractivity contribution in [2.24, 2.45) is 11.8 Å². The third kappa shape index (κ3) is 5.16. The molecule has 7 nitrogen and oxygen atoms in total. The first-order valence-electron chi connectivity index (χ1n) is 8.74. The Bertz CT molecular complexity index is 606. The van der Waals surface area contributed by atoms with Crippen LogP contribution < -0.4 is 10.2 Å². The topological polar surface area (TPSA) is 91.8 Å². The molecule has 1 aromatic heterocycles. The van der Waals surface area contributed by atoms with Crippen LogP contribution in [0.1, 0.15) is 37.7 Å². The summed E-state index contributed by atoms with van der Waals surface area (Å²) in [6, 6.07) is 4.97. The number of carboxylic acids is 1. The van der Waals surface area contributed by atoms with E-state index in [0.29, 0.717) is 24.9 Å². The van der Waals surface area contributed by atoms with E-state index >= 15 is 0 Å². The van der Waals surface area contributed by atoms with Gasteiger partial charge in [0.2, 0.25) is 5.91 Å². The molecule has 2 N–H and O–H groups in total. The fraction of sp³-hybridized carbons (Fsp3) is 0.611. The van der Waals surface area contributed by atoms with E-state index in [1.54, 1.807) is 12.1 Å². The van der Waals surface area contributed by atoms with E-state index in [4.69, 9.17) is 9.84 Å². The summed E-state index contributed by atoms with van der Waals surface area (Å²) in [5.41, 5.74) is 0.0269. The minimum Gasteiger partial charge on any atom is -0.477 e. The van der Waals surface area contributed by atoms with Crippen LogP contribution >= 0.6 is 0 Å². The van der Waals surface area contributed by atoms with E-state index in [2.05, 4.69) is 24.1 Å². The smallest absolute Gasteiger partial charge is 0.354 e. The van der Waals surface area contributed by atoms with Crippen molar-refractivity contribution in [2.45, 2.75) is 33.2 Å². The van der Waals surface area contributed by atoms with E-state index < -0.39 is 5.97 Å². The van der Waals surface area contributed by atoms with Gasteiger partial charge in [0.15, 0.2) is 5.69 Å². The van der Waals surface area contributed by atoms with Crippen molar-refractivity contribution >= 4 is 17.7 Å². The van der Waals surface area contributed by atoms with Crippen LogP contribution in [0.2, 0.25) is 0 Å². The van der Waals surface area contributed by atoms with Crippen LogP contribution in [-0.2, 0) is 9.53 Å². The molecule has 0 aromatic carbocycles. The molecule has 0 aliphatic carbocycles. The maximum Gasteiger partial charge on any atom is 0.354 e. The predicted octanol–water partition coefficient (Wildman–Crippen LogP) is 1.78. The number of nitrogens with zero attached hydrogens (tertiary/aromatic N) is 2. The van der Waals surface area contributed by atoms with E-state index in [1.165, 1.54) is 6.07 Å². The molecule has 138 valence electrons. The lowest BCUT2D eigenvalue weighted by Gasteiger charge is -2.22. The normalized spacial score (nSPS) is 20.1. The van der Waals surface area contributed by atoms with Crippen LogP contribution in [0.3, 0.4) is 0 Å². The molecule has 0 radical (unpaired) electrons. The Morgan fingerprint density at radius 1 is 1.40 bits per heavy atom. The number of ether oxygens (including phenoxy) is 1. The number of aromatic nitrogens is 1. The summed E-state index contributed by atoms with van der Waals surface area (Å²) < 4.78 is 5.30. The molecule has 1 saturated heterocycles. The zero-order valence-corrected chi connectivity index (χ0v) is 15.1. The Balaban J connectivity index is 2.05. The minimum absolute atomic E-state index is 0.00647. The molecule has 1 fully saturated rings. The maximum absolute atomic E-state index is 12.1. The van der Waals surface area contributed by atoms with Crippen molar-refractivity contribution in [3.8, 4) is 0 Å². The number of pyridine rings is 1. The first-order chi connectivity index (χ1) is 11.9. The van der Waals surface area contributed by atoms with Crippen molar-refractivity contribution in [1.82, 2.24) is 10.3 Å². The van der Waals surface area contributed by atoms with E-state index in [1.807, 2.05) is 11.8 Å². The highest BCUT2D eigenvalue weighted by Crippen LogP contribution is 2.28. The monoisotopic (exact) mass is 349 g/mol. The lowest BCUT2D eigenvalue weighted by molar-refractivity contribution is -0.126. The molecule has 7 heteroatoms. The highest BCUT2D eigenvalue weighted by atomic mass is 16.5. The SMILES string of the molecule is CCCOCC(=O)N[C@H]1CN(c2cccc(C(=O)O)n2)C[C@@H]1C(C)C. The summed E-state index contributed by atoms with van der Waals surface area (Å²) in [6.07, 6.45) is 0.880. The first-order valence-corrected chi connectivity index (χ1v) is 8.74. The van der Waals surface area contributed by atoms with Gasteiger partial charge in [0.05, 0.1) is 6.04 Å². The van der Waals surface area contributed by atoms with Crippen molar-refractivity contribution in [2.75, 3.05) is 31.2 Å². The lowest BCUT2D eigenvalue weighted by atomic mass is 9.91. The molecule has 1 amide bonds. The molecule has 2 atom stereocenters. The van der Waals surface area contributed by atoms with Crippen molar-refractivity contribution in [1.29, 1.82) is 0 Å². The number of hydrogen-bond acceptors (Lipinski definition) is 5. The number of carboxylic acid groups (broad SMARTS) is 1. The van der Waals surface area contributed by atoms with Gasteiger partial charge >= 0.3 is 5.97 Å². The molecule has 25 heavy (non-hydrogen) atoms. The van der Waals surface area contributed by atoms with Crippen LogP contribution in [-0.4, -0.2) is 54.3 Å². The number of aromatic carboxylic acids is 1. The number of rotatable bonds is 8. The zero-order chi connectivity index (χ0) is 18.4. The van der Waals surface area contributed by atoms with Gasteiger partial charge in [-0.15, -0.1) is 0 Å². The summed E-state index contributed by atoms with van der Waals surface area (Å²) in [7, 11) is 0. The molecule has 2 heterocycles. The molecule has 0 spiro atoms. The van der Waals surface area contributed by atoms with Gasteiger partial charge in [0.25, 0.3) is 0 Å². The molecule has 2 rings (SSSR count). The maximum atomic E-state index is 12.1. The van der Waals surface area contributed by atoms with Gasteiger partial charge < -0.3 is 20.1 Å². The number of anilines is 1. The third-order valence-electron chi connectivity index (χ3n) is 4.43. The van der Waals surface area contributed by atoms with E-state index in [-0.39, 0.29) is 30.2 Å². The summed E-state index contributed by atoms with van der Waals surface area (Å²) in [5.74, 6) is 0.127. The Kier molecular flexibility index (Phi) is 6.75. The summed E-state index contributed by atoms with van der Waals surface area (Å²) in [5, 5.41) is 12.2. The largest absolute Gasteiger partial charge is 0.477 e. The quantitative estimate of drug-likeness (QED) is 0.695. The zero-order valence-electron chi connectivity index (χ0n) is 15.1. The van der Waals surface area contributed by atoms with Crippen LogP contribution in [0.4, 0.5) is 5.82 Å². The van der Waals surface area contributed by atoms with Gasteiger partial charge in [-0.1, -0.05) is 26.8 Å². The van der Waals surface area contributed by atoms with Gasteiger partial charge in [-0.3, -0.25) is 4.79 Å². The standard InChI is InChI=1S/C18H27N3O4/c1-4-8-25-11-17(22)20-15-10-21(9-13(15)12(2)3)16-7-5-6-14(19-16)18(23)24/h5-7,12-13,15H,4,8-11H2,1-3H3,(H,20,22)(H,23,24)/t13-,15+/m1/s1. The third-order valence-corrected chi connectivity index (χ3v) is 4.43. The second-order valence-corrected chi connectivity index (χ2v) is 6.73. The Labute approximate surface area is 148 Å². The number of amides is 1. The lowest BCUT2D eigenvalue weighted by Crippen LogP contribution is -2.43. The summed E-state index contributed by atoms with van der Waals surface area (Å²) in [4.78, 5) is 29.5. The summed E-state index contributed by atoms with van der Waals surface area (Å²) >= 11 is 0. The molecule has 1 aliphatic rings. The molecule has 0 unspecified atom stereocenters. The second kappa shape index (κ2) is 8.80. The van der Waals surface area contributed by atoms with Crippen LogP contribution in [0.5, 0.6) is 0 Å². The number of carbonyl (C=O) groups is 2. The molecule has 1 aromatic rings. The summed E-state index contributed by atoms with van der Waals surface area (Å²) in [6.45, 7) is 8.24.